The van der Waals surface area contributed by atoms with Crippen molar-refractivity contribution in [1.29, 1.82) is 0 Å². The van der Waals surface area contributed by atoms with Crippen LogP contribution >= 0.6 is 0 Å². The lowest BCUT2D eigenvalue weighted by Gasteiger charge is -2.10. The summed E-state index contributed by atoms with van der Waals surface area (Å²) in [6.45, 7) is 0. The number of carbonyl (C=O) groups is 1. The number of rotatable bonds is 1. The van der Waals surface area contributed by atoms with E-state index in [2.05, 4.69) is 10.1 Å². The first-order chi connectivity index (χ1) is 5.75. The smallest absolute Gasteiger partial charge is 0.450 e. The first-order valence-electron chi connectivity index (χ1n) is 4.41. The SMILES string of the molecule is O=C(O)O[C@H]1C[C@H]2CCC[C@@H]2N1. The van der Waals surface area contributed by atoms with E-state index in [1.807, 2.05) is 0 Å². The van der Waals surface area contributed by atoms with E-state index < -0.39 is 6.16 Å². The van der Waals surface area contributed by atoms with E-state index in [1.54, 1.807) is 0 Å². The number of ether oxygens (including phenoxy) is 1. The molecule has 1 heterocycles. The van der Waals surface area contributed by atoms with Gasteiger partial charge in [0.05, 0.1) is 0 Å². The van der Waals surface area contributed by atoms with Crippen LogP contribution in [-0.2, 0) is 4.74 Å². The number of hydrogen-bond donors (Lipinski definition) is 2. The van der Waals surface area contributed by atoms with Gasteiger partial charge in [-0.1, -0.05) is 6.42 Å². The Labute approximate surface area is 70.9 Å². The zero-order valence-corrected chi connectivity index (χ0v) is 6.82. The first kappa shape index (κ1) is 7.86. The molecule has 0 aromatic rings. The van der Waals surface area contributed by atoms with Gasteiger partial charge >= 0.3 is 6.16 Å². The number of carboxylic acid groups (broad SMARTS) is 1. The van der Waals surface area contributed by atoms with E-state index in [1.165, 1.54) is 19.3 Å². The third kappa shape index (κ3) is 1.39. The van der Waals surface area contributed by atoms with Gasteiger partial charge in [-0.3, -0.25) is 5.32 Å². The van der Waals surface area contributed by atoms with Gasteiger partial charge < -0.3 is 9.84 Å². The molecule has 4 nitrogen and oxygen atoms in total. The molecule has 1 aliphatic heterocycles. The second kappa shape index (κ2) is 2.94. The molecule has 1 aliphatic carbocycles. The molecular weight excluding hydrogens is 158 g/mol. The largest absolute Gasteiger partial charge is 0.507 e. The summed E-state index contributed by atoms with van der Waals surface area (Å²) in [6.07, 6.45) is 3.09. The van der Waals surface area contributed by atoms with Crippen LogP contribution in [0.3, 0.4) is 0 Å². The Morgan fingerprint density at radius 2 is 2.33 bits per heavy atom. The Bertz CT molecular complexity index is 183. The average Bonchev–Trinajstić information content (AvgIpc) is 2.43. The summed E-state index contributed by atoms with van der Waals surface area (Å²) < 4.78 is 4.65. The van der Waals surface area contributed by atoms with Gasteiger partial charge in [0, 0.05) is 12.5 Å². The summed E-state index contributed by atoms with van der Waals surface area (Å²) in [5.74, 6) is 0.648. The first-order valence-corrected chi connectivity index (χ1v) is 4.41. The summed E-state index contributed by atoms with van der Waals surface area (Å²) in [5, 5.41) is 11.6. The fourth-order valence-corrected chi connectivity index (χ4v) is 2.32. The Balaban J connectivity index is 1.86. The second-order valence-corrected chi connectivity index (χ2v) is 3.57. The highest BCUT2D eigenvalue weighted by atomic mass is 16.7. The molecule has 68 valence electrons. The number of nitrogens with one attached hydrogen (secondary N) is 1. The highest BCUT2D eigenvalue weighted by Gasteiger charge is 2.38. The molecule has 0 radical (unpaired) electrons. The minimum absolute atomic E-state index is 0.252. The highest BCUT2D eigenvalue weighted by Crippen LogP contribution is 2.34. The number of hydrogen-bond acceptors (Lipinski definition) is 3. The van der Waals surface area contributed by atoms with E-state index in [9.17, 15) is 4.79 Å². The molecule has 0 bridgehead atoms. The van der Waals surface area contributed by atoms with E-state index in [0.29, 0.717) is 12.0 Å². The van der Waals surface area contributed by atoms with Crippen molar-refractivity contribution in [2.45, 2.75) is 38.0 Å². The molecule has 4 heteroatoms. The third-order valence-electron chi connectivity index (χ3n) is 2.82. The molecule has 0 amide bonds. The van der Waals surface area contributed by atoms with Crippen molar-refractivity contribution in [2.24, 2.45) is 5.92 Å². The highest BCUT2D eigenvalue weighted by molar-refractivity contribution is 5.57. The number of fused-ring (bicyclic) bond motifs is 1. The molecule has 2 aliphatic rings. The Hall–Kier alpha value is -0.770. The van der Waals surface area contributed by atoms with Gasteiger partial charge in [-0.15, -0.1) is 0 Å². The van der Waals surface area contributed by atoms with Crippen molar-refractivity contribution >= 4 is 6.16 Å². The van der Waals surface area contributed by atoms with Crippen LogP contribution in [0.4, 0.5) is 4.79 Å². The molecule has 12 heavy (non-hydrogen) atoms. The second-order valence-electron chi connectivity index (χ2n) is 3.57. The van der Waals surface area contributed by atoms with Crippen LogP contribution in [0.2, 0.25) is 0 Å². The molecule has 0 spiro atoms. The molecule has 1 saturated carbocycles. The van der Waals surface area contributed by atoms with Crippen molar-refractivity contribution < 1.29 is 14.6 Å². The zero-order chi connectivity index (χ0) is 8.55. The monoisotopic (exact) mass is 171 g/mol. The van der Waals surface area contributed by atoms with Crippen LogP contribution in [-0.4, -0.2) is 23.5 Å². The molecular formula is C8H13NO3. The summed E-state index contributed by atoms with van der Waals surface area (Å²) in [4.78, 5) is 10.2. The van der Waals surface area contributed by atoms with Crippen LogP contribution < -0.4 is 5.32 Å². The lowest BCUT2D eigenvalue weighted by Crippen LogP contribution is -2.32. The molecule has 2 rings (SSSR count). The Morgan fingerprint density at radius 1 is 1.50 bits per heavy atom. The normalized spacial score (nSPS) is 39.5. The van der Waals surface area contributed by atoms with E-state index >= 15 is 0 Å². The summed E-state index contributed by atoms with van der Waals surface area (Å²) in [5.41, 5.74) is 0. The maximum atomic E-state index is 10.2. The maximum Gasteiger partial charge on any atom is 0.507 e. The van der Waals surface area contributed by atoms with Crippen LogP contribution in [0.25, 0.3) is 0 Å². The minimum atomic E-state index is -1.17. The van der Waals surface area contributed by atoms with Crippen molar-refractivity contribution in [3.63, 3.8) is 0 Å². The van der Waals surface area contributed by atoms with Crippen LogP contribution in [0.1, 0.15) is 25.7 Å². The van der Waals surface area contributed by atoms with Gasteiger partial charge in [0.25, 0.3) is 0 Å². The standard InChI is InChI=1S/C8H13NO3/c10-8(11)12-7-4-5-2-1-3-6(5)9-7/h5-7,9H,1-4H2,(H,10,11)/t5-,6+,7+/m1/s1. The van der Waals surface area contributed by atoms with E-state index in [4.69, 9.17) is 5.11 Å². The van der Waals surface area contributed by atoms with Gasteiger partial charge in [0.1, 0.15) is 0 Å². The third-order valence-corrected chi connectivity index (χ3v) is 2.82. The quantitative estimate of drug-likeness (QED) is 0.581. The molecule has 0 unspecified atom stereocenters. The minimum Gasteiger partial charge on any atom is -0.450 e. The van der Waals surface area contributed by atoms with Crippen molar-refractivity contribution in [3.8, 4) is 0 Å². The van der Waals surface area contributed by atoms with Crippen molar-refractivity contribution in [1.82, 2.24) is 5.32 Å². The lowest BCUT2D eigenvalue weighted by atomic mass is 10.0. The fourth-order valence-electron chi connectivity index (χ4n) is 2.32. The average molecular weight is 171 g/mol. The van der Waals surface area contributed by atoms with Crippen LogP contribution in [0.5, 0.6) is 0 Å². The Kier molecular flexibility index (Phi) is 1.92. The van der Waals surface area contributed by atoms with Gasteiger partial charge in [-0.2, -0.15) is 0 Å². The fraction of sp³-hybridized carbons (Fsp3) is 0.875. The van der Waals surface area contributed by atoms with Crippen LogP contribution in [0.15, 0.2) is 0 Å². The van der Waals surface area contributed by atoms with Gasteiger partial charge in [-0.25, -0.2) is 4.79 Å². The van der Waals surface area contributed by atoms with Gasteiger partial charge in [0.2, 0.25) is 0 Å². The molecule has 0 aromatic heterocycles. The molecule has 2 N–H and O–H groups in total. The van der Waals surface area contributed by atoms with Gasteiger partial charge in [0.15, 0.2) is 6.23 Å². The Morgan fingerprint density at radius 3 is 3.00 bits per heavy atom. The molecule has 1 saturated heterocycles. The van der Waals surface area contributed by atoms with Gasteiger partial charge in [-0.05, 0) is 18.8 Å². The topological polar surface area (TPSA) is 58.6 Å². The molecule has 3 atom stereocenters. The molecule has 2 fully saturated rings. The molecule has 0 aromatic carbocycles. The summed E-state index contributed by atoms with van der Waals surface area (Å²) >= 11 is 0. The predicted molar refractivity (Wildman–Crippen MR) is 41.8 cm³/mol. The van der Waals surface area contributed by atoms with E-state index in [-0.39, 0.29) is 6.23 Å². The van der Waals surface area contributed by atoms with Crippen molar-refractivity contribution in [2.75, 3.05) is 0 Å². The van der Waals surface area contributed by atoms with E-state index in [0.717, 1.165) is 6.42 Å². The summed E-state index contributed by atoms with van der Waals surface area (Å²) in [6, 6.07) is 0.509. The lowest BCUT2D eigenvalue weighted by molar-refractivity contribution is 0.0420. The predicted octanol–water partition coefficient (Wildman–Crippen LogP) is 1.17. The zero-order valence-electron chi connectivity index (χ0n) is 6.82. The summed E-state index contributed by atoms with van der Waals surface area (Å²) in [7, 11) is 0. The maximum absolute atomic E-state index is 10.2. The van der Waals surface area contributed by atoms with Crippen LogP contribution in [0, 0.1) is 5.92 Å². The van der Waals surface area contributed by atoms with Crippen molar-refractivity contribution in [3.05, 3.63) is 0 Å².